The van der Waals surface area contributed by atoms with E-state index in [1.54, 1.807) is 23.0 Å². The van der Waals surface area contributed by atoms with Gasteiger partial charge in [-0.15, -0.1) is 11.3 Å². The fourth-order valence-electron chi connectivity index (χ4n) is 3.42. The van der Waals surface area contributed by atoms with E-state index >= 15 is 0 Å². The fourth-order valence-corrected chi connectivity index (χ4v) is 5.57. The van der Waals surface area contributed by atoms with Gasteiger partial charge in [-0.05, 0) is 55.5 Å². The summed E-state index contributed by atoms with van der Waals surface area (Å²) >= 11 is 2.82. The molecule has 2 heterocycles. The number of nitrogens with zero attached hydrogens (tertiary/aromatic N) is 2. The predicted octanol–water partition coefficient (Wildman–Crippen LogP) is 3.60. The number of carbonyl (C=O) groups is 1. The molecule has 0 N–H and O–H groups in total. The van der Waals surface area contributed by atoms with Gasteiger partial charge in [-0.2, -0.15) is 0 Å². The molecule has 146 valence electrons. The molecule has 1 aliphatic rings. The minimum Gasteiger partial charge on any atom is -0.497 e. The maximum atomic E-state index is 13.5. The number of benzene rings is 1. The number of thiophene rings is 1. The van der Waals surface area contributed by atoms with Crippen molar-refractivity contribution in [2.45, 2.75) is 30.8 Å². The van der Waals surface area contributed by atoms with Crippen LogP contribution >= 0.6 is 23.1 Å². The quantitative estimate of drug-likeness (QED) is 0.360. The summed E-state index contributed by atoms with van der Waals surface area (Å²) in [5.74, 6) is 0.448. The van der Waals surface area contributed by atoms with Crippen LogP contribution in [-0.4, -0.2) is 35.5 Å². The van der Waals surface area contributed by atoms with Crippen molar-refractivity contribution in [3.8, 4) is 11.4 Å². The largest absolute Gasteiger partial charge is 0.497 e. The molecule has 6 nitrogen and oxygen atoms in total. The average Bonchev–Trinajstić information content (AvgIpc) is 3.10. The summed E-state index contributed by atoms with van der Waals surface area (Å²) in [6.45, 7) is 0. The first-order chi connectivity index (χ1) is 13.6. The Morgan fingerprint density at radius 1 is 1.21 bits per heavy atom. The van der Waals surface area contributed by atoms with E-state index in [9.17, 15) is 9.59 Å². The minimum atomic E-state index is -0.355. The van der Waals surface area contributed by atoms with Crippen molar-refractivity contribution >= 4 is 39.3 Å². The lowest BCUT2D eigenvalue weighted by Crippen LogP contribution is -2.22. The van der Waals surface area contributed by atoms with Gasteiger partial charge in [0.25, 0.3) is 5.56 Å². The third-order valence-electron chi connectivity index (χ3n) is 4.84. The van der Waals surface area contributed by atoms with E-state index < -0.39 is 0 Å². The lowest BCUT2D eigenvalue weighted by Gasteiger charge is -2.13. The Labute approximate surface area is 170 Å². The normalized spacial score (nSPS) is 13.4. The highest BCUT2D eigenvalue weighted by Gasteiger charge is 2.23. The second-order valence-corrected chi connectivity index (χ2v) is 8.51. The van der Waals surface area contributed by atoms with Crippen molar-refractivity contribution in [2.24, 2.45) is 0 Å². The number of hydrogen-bond donors (Lipinski definition) is 0. The van der Waals surface area contributed by atoms with Crippen LogP contribution in [0.4, 0.5) is 0 Å². The predicted molar refractivity (Wildman–Crippen MR) is 111 cm³/mol. The Morgan fingerprint density at radius 2 is 1.96 bits per heavy atom. The fraction of sp³-hybridized carbons (Fsp3) is 0.350. The van der Waals surface area contributed by atoms with Crippen LogP contribution in [0.3, 0.4) is 0 Å². The zero-order valence-electron chi connectivity index (χ0n) is 15.7. The number of rotatable bonds is 5. The molecule has 2 aromatic heterocycles. The van der Waals surface area contributed by atoms with Gasteiger partial charge in [0.2, 0.25) is 0 Å². The second-order valence-electron chi connectivity index (χ2n) is 6.49. The molecule has 3 aromatic rings. The highest BCUT2D eigenvalue weighted by molar-refractivity contribution is 7.99. The molecule has 0 unspecified atom stereocenters. The van der Waals surface area contributed by atoms with Crippen molar-refractivity contribution in [2.75, 3.05) is 20.0 Å². The van der Waals surface area contributed by atoms with Gasteiger partial charge in [0.15, 0.2) is 5.16 Å². The maximum absolute atomic E-state index is 13.5. The lowest BCUT2D eigenvalue weighted by molar-refractivity contribution is -0.137. The summed E-state index contributed by atoms with van der Waals surface area (Å²) in [6.07, 6.45) is 4.17. The molecule has 0 saturated heterocycles. The molecule has 4 rings (SSSR count). The Balaban J connectivity index is 1.90. The molecular formula is C20H20N2O4S2. The Hall–Kier alpha value is -2.32. The van der Waals surface area contributed by atoms with Gasteiger partial charge in [0.1, 0.15) is 10.6 Å². The molecule has 0 fully saturated rings. The summed E-state index contributed by atoms with van der Waals surface area (Å²) in [4.78, 5) is 32.0. The van der Waals surface area contributed by atoms with E-state index in [1.807, 2.05) is 24.3 Å². The summed E-state index contributed by atoms with van der Waals surface area (Å²) < 4.78 is 11.6. The van der Waals surface area contributed by atoms with E-state index in [-0.39, 0.29) is 17.3 Å². The summed E-state index contributed by atoms with van der Waals surface area (Å²) in [6, 6.07) is 7.27. The number of aromatic nitrogens is 2. The number of aryl methyl sites for hydroxylation is 2. The molecule has 28 heavy (non-hydrogen) atoms. The third-order valence-corrected chi connectivity index (χ3v) is 6.93. The number of methoxy groups -OCH3 is 2. The molecule has 1 aliphatic carbocycles. The van der Waals surface area contributed by atoms with Crippen molar-refractivity contribution < 1.29 is 14.3 Å². The van der Waals surface area contributed by atoms with Gasteiger partial charge in [-0.25, -0.2) is 4.98 Å². The van der Waals surface area contributed by atoms with Gasteiger partial charge in [0.05, 0.1) is 31.0 Å². The number of esters is 1. The number of hydrogen-bond acceptors (Lipinski definition) is 7. The first kappa shape index (κ1) is 19.0. The minimum absolute atomic E-state index is 0.0815. The number of carbonyl (C=O) groups excluding carboxylic acids is 1. The SMILES string of the molecule is COC(=O)CSc1nc2sc3c(c2c(=O)n1-c1ccc(OC)cc1)CCCC3. The van der Waals surface area contributed by atoms with Crippen molar-refractivity contribution in [3.05, 3.63) is 45.1 Å². The van der Waals surface area contributed by atoms with Crippen LogP contribution in [0.2, 0.25) is 0 Å². The zero-order valence-corrected chi connectivity index (χ0v) is 17.3. The number of thioether (sulfide) groups is 1. The maximum Gasteiger partial charge on any atom is 0.316 e. The zero-order chi connectivity index (χ0) is 19.7. The summed E-state index contributed by atoms with van der Waals surface area (Å²) in [5, 5.41) is 1.21. The molecular weight excluding hydrogens is 396 g/mol. The van der Waals surface area contributed by atoms with Gasteiger partial charge in [-0.3, -0.25) is 14.2 Å². The van der Waals surface area contributed by atoms with Crippen molar-refractivity contribution in [1.82, 2.24) is 9.55 Å². The van der Waals surface area contributed by atoms with Crippen molar-refractivity contribution in [1.29, 1.82) is 0 Å². The van der Waals surface area contributed by atoms with Crippen LogP contribution in [0.1, 0.15) is 23.3 Å². The molecule has 0 saturated carbocycles. The van der Waals surface area contributed by atoms with Gasteiger partial charge < -0.3 is 9.47 Å². The van der Waals surface area contributed by atoms with Crippen LogP contribution in [0.15, 0.2) is 34.2 Å². The Morgan fingerprint density at radius 3 is 2.68 bits per heavy atom. The summed E-state index contributed by atoms with van der Waals surface area (Å²) in [5.41, 5.74) is 1.76. The van der Waals surface area contributed by atoms with E-state index in [0.29, 0.717) is 16.6 Å². The van der Waals surface area contributed by atoms with E-state index in [1.165, 1.54) is 23.7 Å². The van der Waals surface area contributed by atoms with Gasteiger partial charge in [0, 0.05) is 4.88 Å². The highest BCUT2D eigenvalue weighted by atomic mass is 32.2. The Kier molecular flexibility index (Phi) is 5.41. The molecule has 0 amide bonds. The van der Waals surface area contributed by atoms with Gasteiger partial charge in [-0.1, -0.05) is 11.8 Å². The van der Waals surface area contributed by atoms with Gasteiger partial charge >= 0.3 is 5.97 Å². The molecule has 8 heteroatoms. The molecule has 0 bridgehead atoms. The van der Waals surface area contributed by atoms with E-state index in [4.69, 9.17) is 14.5 Å². The third kappa shape index (κ3) is 3.42. The molecule has 0 spiro atoms. The van der Waals surface area contributed by atoms with E-state index in [2.05, 4.69) is 0 Å². The van der Waals surface area contributed by atoms with Crippen LogP contribution in [0.5, 0.6) is 5.75 Å². The van der Waals surface area contributed by atoms with Crippen LogP contribution in [0.25, 0.3) is 15.9 Å². The van der Waals surface area contributed by atoms with Crippen LogP contribution in [0, 0.1) is 0 Å². The second kappa shape index (κ2) is 7.97. The van der Waals surface area contributed by atoms with Crippen molar-refractivity contribution in [3.63, 3.8) is 0 Å². The molecule has 0 radical (unpaired) electrons. The smallest absolute Gasteiger partial charge is 0.316 e. The lowest BCUT2D eigenvalue weighted by atomic mass is 9.97. The van der Waals surface area contributed by atoms with Crippen LogP contribution < -0.4 is 10.3 Å². The average molecular weight is 417 g/mol. The highest BCUT2D eigenvalue weighted by Crippen LogP contribution is 2.35. The summed E-state index contributed by atoms with van der Waals surface area (Å²) in [7, 11) is 2.95. The topological polar surface area (TPSA) is 70.4 Å². The standard InChI is InChI=1S/C20H20N2O4S2/c1-25-13-9-7-12(8-10-13)22-19(24)17-14-5-3-4-6-15(14)28-18(17)21-20(22)27-11-16(23)26-2/h7-10H,3-6,11H2,1-2H3. The molecule has 0 atom stereocenters. The monoisotopic (exact) mass is 416 g/mol. The van der Waals surface area contributed by atoms with E-state index in [0.717, 1.165) is 41.5 Å². The first-order valence-corrected chi connectivity index (χ1v) is 10.8. The number of ether oxygens (including phenoxy) is 2. The first-order valence-electron chi connectivity index (χ1n) is 9.03. The Bertz CT molecular complexity index is 1090. The molecule has 1 aromatic carbocycles. The number of fused-ring (bicyclic) bond motifs is 3. The molecule has 0 aliphatic heterocycles. The van der Waals surface area contributed by atoms with Crippen LogP contribution in [-0.2, 0) is 22.4 Å².